The molecular weight excluding hydrogens is 126 g/mol. The molecule has 1 saturated heterocycles. The number of hydrogen-bond acceptors (Lipinski definition) is 2. The molecule has 60 valence electrons. The summed E-state index contributed by atoms with van der Waals surface area (Å²) in [5.74, 6) is 0.684. The highest BCUT2D eigenvalue weighted by molar-refractivity contribution is 4.78. The fraction of sp³-hybridized carbons (Fsp3) is 1.00. The molecule has 1 aliphatic heterocycles. The molecule has 0 saturated carbocycles. The van der Waals surface area contributed by atoms with E-state index < -0.39 is 0 Å². The van der Waals surface area contributed by atoms with Crippen LogP contribution in [0, 0.1) is 5.92 Å². The molecule has 2 heteroatoms. The molecule has 2 nitrogen and oxygen atoms in total. The van der Waals surface area contributed by atoms with E-state index in [1.807, 2.05) is 0 Å². The Hall–Kier alpha value is -0.0800. The second kappa shape index (κ2) is 2.89. The molecule has 1 fully saturated rings. The molecule has 0 radical (unpaired) electrons. The van der Waals surface area contributed by atoms with E-state index in [0.717, 1.165) is 26.0 Å². The highest BCUT2D eigenvalue weighted by atomic mass is 16.5. The Bertz CT molecular complexity index is 112. The van der Waals surface area contributed by atoms with Gasteiger partial charge in [0.2, 0.25) is 0 Å². The molecule has 0 aliphatic carbocycles. The van der Waals surface area contributed by atoms with Crippen molar-refractivity contribution in [2.45, 2.75) is 32.3 Å². The highest BCUT2D eigenvalue weighted by Gasteiger charge is 2.27. The minimum Gasteiger partial charge on any atom is -0.376 e. The summed E-state index contributed by atoms with van der Waals surface area (Å²) in [6.07, 6.45) is 2.25. The van der Waals surface area contributed by atoms with Crippen LogP contribution in [0.25, 0.3) is 0 Å². The zero-order valence-corrected chi connectivity index (χ0v) is 6.89. The Morgan fingerprint density at radius 2 is 2.30 bits per heavy atom. The Morgan fingerprint density at radius 1 is 1.60 bits per heavy atom. The largest absolute Gasteiger partial charge is 0.376 e. The van der Waals surface area contributed by atoms with Gasteiger partial charge in [-0.15, -0.1) is 0 Å². The molecule has 10 heavy (non-hydrogen) atoms. The Morgan fingerprint density at radius 3 is 2.70 bits per heavy atom. The molecule has 1 rings (SSSR count). The smallest absolute Gasteiger partial charge is 0.0629 e. The van der Waals surface area contributed by atoms with Crippen molar-refractivity contribution in [3.63, 3.8) is 0 Å². The normalized spacial score (nSPS) is 32.1. The van der Waals surface area contributed by atoms with E-state index in [1.54, 1.807) is 0 Å². The molecule has 0 bridgehead atoms. The lowest BCUT2D eigenvalue weighted by atomic mass is 9.89. The van der Waals surface area contributed by atoms with Gasteiger partial charge in [-0.3, -0.25) is 0 Å². The van der Waals surface area contributed by atoms with Crippen LogP contribution in [0.1, 0.15) is 26.7 Å². The van der Waals surface area contributed by atoms with Crippen molar-refractivity contribution < 1.29 is 4.74 Å². The van der Waals surface area contributed by atoms with Gasteiger partial charge in [-0.05, 0) is 39.2 Å². The van der Waals surface area contributed by atoms with E-state index in [4.69, 9.17) is 10.5 Å². The van der Waals surface area contributed by atoms with Crippen molar-refractivity contribution in [2.24, 2.45) is 11.7 Å². The zero-order valence-electron chi connectivity index (χ0n) is 6.89. The van der Waals surface area contributed by atoms with Gasteiger partial charge in [0, 0.05) is 6.61 Å². The standard InChI is InChI=1S/C8H17NO/c1-8(2)5-7(6-9)3-4-10-8/h7H,3-6,9H2,1-2H3/t7-/m0/s1. The predicted octanol–water partition coefficient (Wildman–Crippen LogP) is 1.15. The number of hydrogen-bond donors (Lipinski definition) is 1. The van der Waals surface area contributed by atoms with E-state index in [9.17, 15) is 0 Å². The number of ether oxygens (including phenoxy) is 1. The van der Waals surface area contributed by atoms with Crippen LogP contribution in [0.15, 0.2) is 0 Å². The first-order chi connectivity index (χ1) is 4.64. The van der Waals surface area contributed by atoms with Gasteiger partial charge in [-0.25, -0.2) is 0 Å². The quantitative estimate of drug-likeness (QED) is 0.597. The van der Waals surface area contributed by atoms with Gasteiger partial charge in [0.15, 0.2) is 0 Å². The van der Waals surface area contributed by atoms with E-state index in [1.165, 1.54) is 0 Å². The molecule has 1 heterocycles. The van der Waals surface area contributed by atoms with Gasteiger partial charge < -0.3 is 10.5 Å². The van der Waals surface area contributed by atoms with Crippen LogP contribution in [0.4, 0.5) is 0 Å². The van der Waals surface area contributed by atoms with Gasteiger partial charge in [0.05, 0.1) is 5.60 Å². The third-order valence-corrected chi connectivity index (χ3v) is 2.13. The van der Waals surface area contributed by atoms with Crippen molar-refractivity contribution in [2.75, 3.05) is 13.2 Å². The van der Waals surface area contributed by atoms with E-state index in [0.29, 0.717) is 5.92 Å². The molecule has 0 unspecified atom stereocenters. The topological polar surface area (TPSA) is 35.2 Å². The minimum atomic E-state index is 0.0717. The first kappa shape index (κ1) is 8.02. The van der Waals surface area contributed by atoms with Crippen molar-refractivity contribution in [3.05, 3.63) is 0 Å². The first-order valence-corrected chi connectivity index (χ1v) is 3.98. The fourth-order valence-electron chi connectivity index (χ4n) is 1.56. The van der Waals surface area contributed by atoms with E-state index in [-0.39, 0.29) is 5.60 Å². The molecule has 0 spiro atoms. The lowest BCUT2D eigenvalue weighted by Gasteiger charge is -2.34. The van der Waals surface area contributed by atoms with Crippen LogP contribution in [0.2, 0.25) is 0 Å². The third-order valence-electron chi connectivity index (χ3n) is 2.13. The summed E-state index contributed by atoms with van der Waals surface area (Å²) < 4.78 is 5.54. The maximum absolute atomic E-state index is 5.57. The summed E-state index contributed by atoms with van der Waals surface area (Å²) in [4.78, 5) is 0. The zero-order chi connectivity index (χ0) is 7.61. The fourth-order valence-corrected chi connectivity index (χ4v) is 1.56. The Balaban J connectivity index is 2.40. The van der Waals surface area contributed by atoms with Crippen molar-refractivity contribution >= 4 is 0 Å². The average Bonchev–Trinajstić information content (AvgIpc) is 1.86. The molecule has 1 aliphatic rings. The lowest BCUT2D eigenvalue weighted by Crippen LogP contribution is -2.36. The van der Waals surface area contributed by atoms with Crippen LogP contribution in [0.3, 0.4) is 0 Å². The molecule has 1 atom stereocenters. The molecular formula is C8H17NO. The second-order valence-electron chi connectivity index (χ2n) is 3.70. The summed E-state index contributed by atoms with van der Waals surface area (Å²) in [5, 5.41) is 0. The third kappa shape index (κ3) is 1.96. The van der Waals surface area contributed by atoms with Crippen molar-refractivity contribution in [1.82, 2.24) is 0 Å². The van der Waals surface area contributed by atoms with Crippen molar-refractivity contribution in [1.29, 1.82) is 0 Å². The molecule has 0 aromatic carbocycles. The first-order valence-electron chi connectivity index (χ1n) is 3.98. The summed E-state index contributed by atoms with van der Waals surface area (Å²) in [5.41, 5.74) is 5.64. The van der Waals surface area contributed by atoms with Gasteiger partial charge in [0.25, 0.3) is 0 Å². The van der Waals surface area contributed by atoms with Crippen LogP contribution in [0.5, 0.6) is 0 Å². The number of nitrogens with two attached hydrogens (primary N) is 1. The van der Waals surface area contributed by atoms with Crippen LogP contribution in [-0.2, 0) is 4.74 Å². The molecule has 0 aromatic rings. The monoisotopic (exact) mass is 143 g/mol. The van der Waals surface area contributed by atoms with Gasteiger partial charge >= 0.3 is 0 Å². The van der Waals surface area contributed by atoms with E-state index >= 15 is 0 Å². The van der Waals surface area contributed by atoms with Crippen LogP contribution in [-0.4, -0.2) is 18.8 Å². The maximum Gasteiger partial charge on any atom is 0.0629 e. The van der Waals surface area contributed by atoms with Gasteiger partial charge in [0.1, 0.15) is 0 Å². The van der Waals surface area contributed by atoms with Crippen molar-refractivity contribution in [3.8, 4) is 0 Å². The summed E-state index contributed by atoms with van der Waals surface area (Å²) in [7, 11) is 0. The molecule has 0 amide bonds. The molecule has 2 N–H and O–H groups in total. The second-order valence-corrected chi connectivity index (χ2v) is 3.70. The van der Waals surface area contributed by atoms with Crippen LogP contribution >= 0.6 is 0 Å². The predicted molar refractivity (Wildman–Crippen MR) is 41.8 cm³/mol. The maximum atomic E-state index is 5.57. The van der Waals surface area contributed by atoms with Gasteiger partial charge in [-0.2, -0.15) is 0 Å². The Kier molecular flexibility index (Phi) is 2.32. The molecule has 0 aromatic heterocycles. The average molecular weight is 143 g/mol. The Labute approximate surface area is 62.7 Å². The van der Waals surface area contributed by atoms with Crippen LogP contribution < -0.4 is 5.73 Å². The minimum absolute atomic E-state index is 0.0717. The number of rotatable bonds is 1. The summed E-state index contributed by atoms with van der Waals surface area (Å²) in [6, 6.07) is 0. The highest BCUT2D eigenvalue weighted by Crippen LogP contribution is 2.27. The summed E-state index contributed by atoms with van der Waals surface area (Å²) >= 11 is 0. The summed E-state index contributed by atoms with van der Waals surface area (Å²) in [6.45, 7) is 5.96. The van der Waals surface area contributed by atoms with Gasteiger partial charge in [-0.1, -0.05) is 0 Å². The van der Waals surface area contributed by atoms with E-state index in [2.05, 4.69) is 13.8 Å². The SMILES string of the molecule is CC1(C)C[C@@H](CN)CCO1. The lowest BCUT2D eigenvalue weighted by molar-refractivity contribution is -0.0706.